The van der Waals surface area contributed by atoms with Crippen LogP contribution in [0, 0.1) is 22.6 Å². The normalized spacial score (nSPS) is 15.3. The van der Waals surface area contributed by atoms with Crippen LogP contribution in [0.25, 0.3) is 11.0 Å². The van der Waals surface area contributed by atoms with Crippen molar-refractivity contribution in [3.63, 3.8) is 0 Å². The second kappa shape index (κ2) is 13.3. The molecule has 2 aromatic heterocycles. The molecule has 1 saturated heterocycles. The second-order valence-electron chi connectivity index (χ2n) is 14.5. The number of carbonyl (C=O) groups is 1. The fourth-order valence-corrected chi connectivity index (χ4v) is 6.77. The number of halogens is 1. The van der Waals surface area contributed by atoms with Crippen LogP contribution >= 0.6 is 0 Å². The third kappa shape index (κ3) is 7.43. The molecule has 9 nitrogen and oxygen atoms in total. The van der Waals surface area contributed by atoms with Crippen LogP contribution in [0.2, 0.25) is 0 Å². The van der Waals surface area contributed by atoms with Gasteiger partial charge in [-0.2, -0.15) is 0 Å². The van der Waals surface area contributed by atoms with Crippen molar-refractivity contribution >= 4 is 28.9 Å². The molecule has 0 saturated carbocycles. The topological polar surface area (TPSA) is 85.5 Å². The predicted molar refractivity (Wildman–Crippen MR) is 180 cm³/mol. The average Bonchev–Trinajstić information content (AvgIpc) is 3.37. The SMILES string of the molecule is CC(C(=O)OCn1c(N(C)C2CCN(c3nc4ccccc4n3Cc3ccc(F)cc3)CC2)nccc1=O)C(C)(C)CC(C)(C)C. The maximum Gasteiger partial charge on any atom is 0.310 e. The lowest BCUT2D eigenvalue weighted by Gasteiger charge is -2.38. The minimum absolute atomic E-state index is 0.0685. The number of aromatic nitrogens is 4. The van der Waals surface area contributed by atoms with Gasteiger partial charge in [-0.15, -0.1) is 0 Å². The van der Waals surface area contributed by atoms with E-state index in [0.29, 0.717) is 12.5 Å². The van der Waals surface area contributed by atoms with Crippen LogP contribution in [0.3, 0.4) is 0 Å². The first-order valence-corrected chi connectivity index (χ1v) is 16.1. The van der Waals surface area contributed by atoms with E-state index in [4.69, 9.17) is 9.72 Å². The molecule has 0 radical (unpaired) electrons. The highest BCUT2D eigenvalue weighted by Gasteiger charge is 2.36. The molecule has 1 fully saturated rings. The molecule has 46 heavy (non-hydrogen) atoms. The highest BCUT2D eigenvalue weighted by atomic mass is 19.1. The molecule has 5 rings (SSSR count). The number of anilines is 2. The van der Waals surface area contributed by atoms with E-state index < -0.39 is 0 Å². The van der Waals surface area contributed by atoms with Gasteiger partial charge in [0.25, 0.3) is 5.56 Å². The molecule has 1 aliphatic heterocycles. The summed E-state index contributed by atoms with van der Waals surface area (Å²) in [6.45, 7) is 14.5. The van der Waals surface area contributed by atoms with Gasteiger partial charge < -0.3 is 19.1 Å². The van der Waals surface area contributed by atoms with Crippen molar-refractivity contribution in [2.24, 2.45) is 16.7 Å². The van der Waals surface area contributed by atoms with Gasteiger partial charge in [0.05, 0.1) is 23.5 Å². The average molecular weight is 631 g/mol. The van der Waals surface area contributed by atoms with E-state index in [1.165, 1.54) is 29.0 Å². The zero-order valence-corrected chi connectivity index (χ0v) is 28.2. The fraction of sp³-hybridized carbons (Fsp3) is 0.500. The molecule has 4 aromatic rings. The number of imidazole rings is 1. The number of nitrogens with zero attached hydrogens (tertiary/aromatic N) is 6. The Morgan fingerprint density at radius 2 is 1.70 bits per heavy atom. The molecule has 0 spiro atoms. The van der Waals surface area contributed by atoms with Gasteiger partial charge in [0.1, 0.15) is 5.82 Å². The second-order valence-corrected chi connectivity index (χ2v) is 14.5. The van der Waals surface area contributed by atoms with Crippen molar-refractivity contribution in [3.05, 3.63) is 82.5 Å². The van der Waals surface area contributed by atoms with Crippen LogP contribution in [-0.2, 0) is 22.8 Å². The molecule has 1 aliphatic rings. The smallest absolute Gasteiger partial charge is 0.310 e. The number of carbonyl (C=O) groups excluding carboxylic acids is 1. The molecule has 0 bridgehead atoms. The van der Waals surface area contributed by atoms with Crippen LogP contribution in [0.4, 0.5) is 16.3 Å². The maximum absolute atomic E-state index is 13.6. The lowest BCUT2D eigenvalue weighted by Crippen LogP contribution is -2.46. The summed E-state index contributed by atoms with van der Waals surface area (Å²) in [6, 6.07) is 16.2. The van der Waals surface area contributed by atoms with Gasteiger partial charge in [-0.3, -0.25) is 9.59 Å². The summed E-state index contributed by atoms with van der Waals surface area (Å²) >= 11 is 0. The Morgan fingerprint density at radius 3 is 2.37 bits per heavy atom. The highest BCUT2D eigenvalue weighted by Crippen LogP contribution is 2.39. The molecule has 0 N–H and O–H groups in total. The van der Waals surface area contributed by atoms with E-state index in [1.807, 2.05) is 49.2 Å². The van der Waals surface area contributed by atoms with Crippen molar-refractivity contribution in [1.29, 1.82) is 0 Å². The number of ether oxygens (including phenoxy) is 1. The van der Waals surface area contributed by atoms with Crippen molar-refractivity contribution in [3.8, 4) is 0 Å². The summed E-state index contributed by atoms with van der Waals surface area (Å²) in [7, 11) is 1.94. The third-order valence-corrected chi connectivity index (χ3v) is 9.26. The fourth-order valence-electron chi connectivity index (χ4n) is 6.77. The number of benzene rings is 2. The lowest BCUT2D eigenvalue weighted by molar-refractivity contribution is -0.156. The van der Waals surface area contributed by atoms with Crippen molar-refractivity contribution in [1.82, 2.24) is 19.1 Å². The third-order valence-electron chi connectivity index (χ3n) is 9.26. The lowest BCUT2D eigenvalue weighted by atomic mass is 9.69. The van der Waals surface area contributed by atoms with Gasteiger partial charge in [0, 0.05) is 38.4 Å². The molecule has 3 heterocycles. The van der Waals surface area contributed by atoms with Crippen LogP contribution < -0.4 is 15.4 Å². The first-order chi connectivity index (χ1) is 21.7. The molecule has 1 unspecified atom stereocenters. The quantitative estimate of drug-likeness (QED) is 0.185. The van der Waals surface area contributed by atoms with Crippen LogP contribution in [0.1, 0.15) is 66.4 Å². The van der Waals surface area contributed by atoms with Gasteiger partial charge in [0.15, 0.2) is 6.73 Å². The summed E-state index contributed by atoms with van der Waals surface area (Å²) in [5.74, 6) is 0.449. The number of rotatable bonds is 10. The maximum atomic E-state index is 13.6. The zero-order chi connectivity index (χ0) is 33.2. The molecule has 2 aromatic carbocycles. The van der Waals surface area contributed by atoms with E-state index >= 15 is 0 Å². The first kappa shape index (κ1) is 33.2. The van der Waals surface area contributed by atoms with Gasteiger partial charge in [-0.1, -0.05) is 65.8 Å². The highest BCUT2D eigenvalue weighted by molar-refractivity contribution is 5.79. The van der Waals surface area contributed by atoms with Gasteiger partial charge in [-0.25, -0.2) is 18.9 Å². The van der Waals surface area contributed by atoms with Crippen molar-refractivity contribution in [2.45, 2.75) is 80.1 Å². The van der Waals surface area contributed by atoms with E-state index in [2.05, 4.69) is 55.1 Å². The molecule has 0 aliphatic carbocycles. The monoisotopic (exact) mass is 630 g/mol. The van der Waals surface area contributed by atoms with Crippen LogP contribution in [0.5, 0.6) is 0 Å². The molecular weight excluding hydrogens is 583 g/mol. The van der Waals surface area contributed by atoms with Gasteiger partial charge in [0.2, 0.25) is 11.9 Å². The van der Waals surface area contributed by atoms with E-state index in [1.54, 1.807) is 0 Å². The minimum Gasteiger partial charge on any atom is -0.443 e. The molecular formula is C36H47FN6O3. The molecule has 0 amide bonds. The van der Waals surface area contributed by atoms with E-state index in [0.717, 1.165) is 54.9 Å². The Labute approximate surface area is 271 Å². The Kier molecular flexibility index (Phi) is 9.56. The Balaban J connectivity index is 1.28. The van der Waals surface area contributed by atoms with Crippen LogP contribution in [0.15, 0.2) is 65.6 Å². The summed E-state index contributed by atoms with van der Waals surface area (Å²) in [5.41, 5.74) is 2.49. The van der Waals surface area contributed by atoms with E-state index in [-0.39, 0.29) is 46.9 Å². The van der Waals surface area contributed by atoms with Crippen molar-refractivity contribution < 1.29 is 13.9 Å². The minimum atomic E-state index is -0.336. The Hall–Kier alpha value is -4.21. The number of para-hydroxylation sites is 2. The van der Waals surface area contributed by atoms with Crippen LogP contribution in [-0.4, -0.2) is 51.3 Å². The number of hydrogen-bond donors (Lipinski definition) is 0. The summed E-state index contributed by atoms with van der Waals surface area (Å²) in [5, 5.41) is 0. The number of piperidine rings is 1. The number of fused-ring (bicyclic) bond motifs is 1. The standard InChI is InChI=1S/C36H47FN6O3/c1-25(36(5,6)23-35(2,3)4)32(45)46-24-43-31(44)16-19-38-33(43)40(7)28-17-20-41(21-18-28)34-39-29-10-8-9-11-30(29)42(34)22-26-12-14-27(37)15-13-26/h8-16,19,25,28H,17-18,20-24H2,1-7H3. The molecule has 1 atom stereocenters. The molecule has 246 valence electrons. The summed E-state index contributed by atoms with van der Waals surface area (Å²) < 4.78 is 23.0. The largest absolute Gasteiger partial charge is 0.443 e. The van der Waals surface area contributed by atoms with Gasteiger partial charge in [-0.05, 0) is 59.9 Å². The first-order valence-electron chi connectivity index (χ1n) is 16.1. The number of esters is 1. The predicted octanol–water partition coefficient (Wildman–Crippen LogP) is 6.48. The van der Waals surface area contributed by atoms with E-state index in [9.17, 15) is 14.0 Å². The van der Waals surface area contributed by atoms with Gasteiger partial charge >= 0.3 is 5.97 Å². The molecule has 10 heteroatoms. The number of hydrogen-bond acceptors (Lipinski definition) is 7. The Bertz CT molecular complexity index is 1710. The van der Waals surface area contributed by atoms with Crippen molar-refractivity contribution in [2.75, 3.05) is 29.9 Å². The Morgan fingerprint density at radius 1 is 1.02 bits per heavy atom. The zero-order valence-electron chi connectivity index (χ0n) is 28.2. The summed E-state index contributed by atoms with van der Waals surface area (Å²) in [6.07, 6.45) is 4.00. The summed E-state index contributed by atoms with van der Waals surface area (Å²) in [4.78, 5) is 40.0.